The Morgan fingerprint density at radius 2 is 2.08 bits per heavy atom. The Morgan fingerprint density at radius 3 is 2.88 bits per heavy atom. The number of carbonyl (C=O) groups is 1. The summed E-state index contributed by atoms with van der Waals surface area (Å²) < 4.78 is 0. The summed E-state index contributed by atoms with van der Waals surface area (Å²) in [5.74, 6) is 0.976. The molecule has 0 atom stereocenters. The zero-order valence-corrected chi connectivity index (χ0v) is 13.1. The Bertz CT molecular complexity index is 838. The number of hydrogen-bond acceptors (Lipinski definition) is 5. The topological polar surface area (TPSA) is 86.8 Å². The number of amides is 1. The Balaban J connectivity index is 1.37. The molecule has 4 rings (SSSR count). The molecule has 0 bridgehead atoms. The molecule has 2 N–H and O–H groups in total. The molecule has 1 aromatic carbocycles. The lowest BCUT2D eigenvalue weighted by Gasteiger charge is -2.31. The van der Waals surface area contributed by atoms with Gasteiger partial charge in [0.05, 0.1) is 17.9 Å². The molecular weight excluding hydrogens is 304 g/mol. The van der Waals surface area contributed by atoms with Crippen molar-refractivity contribution in [2.24, 2.45) is 5.92 Å². The van der Waals surface area contributed by atoms with Gasteiger partial charge in [0, 0.05) is 42.5 Å². The van der Waals surface area contributed by atoms with Crippen LogP contribution in [0.15, 0.2) is 43.0 Å². The lowest BCUT2D eigenvalue weighted by molar-refractivity contribution is -0.120. The molecule has 24 heavy (non-hydrogen) atoms. The van der Waals surface area contributed by atoms with Crippen molar-refractivity contribution in [3.8, 4) is 0 Å². The molecule has 1 aliphatic heterocycles. The molecule has 2 aromatic heterocycles. The highest BCUT2D eigenvalue weighted by molar-refractivity contribution is 5.94. The Kier molecular flexibility index (Phi) is 3.82. The van der Waals surface area contributed by atoms with E-state index in [0.29, 0.717) is 0 Å². The third-order valence-corrected chi connectivity index (χ3v) is 4.45. The van der Waals surface area contributed by atoms with E-state index in [0.717, 1.165) is 48.3 Å². The van der Waals surface area contributed by atoms with Gasteiger partial charge in [-0.25, -0.2) is 4.98 Å². The zero-order valence-electron chi connectivity index (χ0n) is 13.1. The van der Waals surface area contributed by atoms with Gasteiger partial charge >= 0.3 is 0 Å². The fourth-order valence-corrected chi connectivity index (χ4v) is 3.08. The second-order valence-corrected chi connectivity index (χ2v) is 5.99. The van der Waals surface area contributed by atoms with Crippen LogP contribution in [-0.4, -0.2) is 39.2 Å². The SMILES string of the molecule is O=C(Nc1ccc2cn[nH]c2c1)C1CCN(c2cnccn2)CC1. The first-order chi connectivity index (χ1) is 11.8. The number of anilines is 2. The highest BCUT2D eigenvalue weighted by Crippen LogP contribution is 2.23. The minimum Gasteiger partial charge on any atom is -0.355 e. The van der Waals surface area contributed by atoms with Gasteiger partial charge in [0.1, 0.15) is 5.82 Å². The predicted octanol–water partition coefficient (Wildman–Crippen LogP) is 2.21. The number of nitrogens with zero attached hydrogens (tertiary/aromatic N) is 4. The smallest absolute Gasteiger partial charge is 0.227 e. The highest BCUT2D eigenvalue weighted by atomic mass is 16.1. The zero-order chi connectivity index (χ0) is 16.4. The average Bonchev–Trinajstić information content (AvgIpc) is 3.10. The van der Waals surface area contributed by atoms with E-state index < -0.39 is 0 Å². The first-order valence-corrected chi connectivity index (χ1v) is 8.04. The minimum atomic E-state index is 0.0235. The molecular formula is C17H18N6O. The van der Waals surface area contributed by atoms with Crippen molar-refractivity contribution in [1.82, 2.24) is 20.2 Å². The maximum absolute atomic E-state index is 12.5. The van der Waals surface area contributed by atoms with Crippen molar-refractivity contribution in [3.63, 3.8) is 0 Å². The summed E-state index contributed by atoms with van der Waals surface area (Å²) in [6.45, 7) is 1.63. The van der Waals surface area contributed by atoms with E-state index in [-0.39, 0.29) is 11.8 Å². The van der Waals surface area contributed by atoms with E-state index in [9.17, 15) is 4.79 Å². The number of H-pyrrole nitrogens is 1. The Morgan fingerprint density at radius 1 is 1.21 bits per heavy atom. The van der Waals surface area contributed by atoms with Gasteiger partial charge in [-0.15, -0.1) is 0 Å². The van der Waals surface area contributed by atoms with E-state index in [4.69, 9.17) is 0 Å². The molecule has 3 aromatic rings. The second-order valence-electron chi connectivity index (χ2n) is 5.99. The molecule has 1 amide bonds. The summed E-state index contributed by atoms with van der Waals surface area (Å²) in [6.07, 6.45) is 8.52. The molecule has 122 valence electrons. The van der Waals surface area contributed by atoms with Crippen LogP contribution in [0.4, 0.5) is 11.5 Å². The van der Waals surface area contributed by atoms with Crippen LogP contribution in [0.2, 0.25) is 0 Å². The second kappa shape index (κ2) is 6.27. The molecule has 0 saturated carbocycles. The summed E-state index contributed by atoms with van der Waals surface area (Å²) >= 11 is 0. The monoisotopic (exact) mass is 322 g/mol. The summed E-state index contributed by atoms with van der Waals surface area (Å²) in [4.78, 5) is 23.1. The molecule has 0 spiro atoms. The third kappa shape index (κ3) is 2.92. The molecule has 0 unspecified atom stereocenters. The lowest BCUT2D eigenvalue weighted by atomic mass is 9.96. The quantitative estimate of drug-likeness (QED) is 0.772. The Hall–Kier alpha value is -2.96. The molecule has 0 radical (unpaired) electrons. The molecule has 7 nitrogen and oxygen atoms in total. The lowest BCUT2D eigenvalue weighted by Crippen LogP contribution is -2.38. The summed E-state index contributed by atoms with van der Waals surface area (Å²) in [7, 11) is 0. The number of benzene rings is 1. The number of aromatic amines is 1. The van der Waals surface area contributed by atoms with Crippen LogP contribution >= 0.6 is 0 Å². The van der Waals surface area contributed by atoms with E-state index in [1.807, 2.05) is 18.2 Å². The molecule has 1 saturated heterocycles. The maximum atomic E-state index is 12.5. The van der Waals surface area contributed by atoms with Crippen molar-refractivity contribution in [1.29, 1.82) is 0 Å². The average molecular weight is 322 g/mol. The van der Waals surface area contributed by atoms with Gasteiger partial charge in [0.25, 0.3) is 0 Å². The fraction of sp³-hybridized carbons (Fsp3) is 0.294. The van der Waals surface area contributed by atoms with Gasteiger partial charge in [-0.05, 0) is 31.0 Å². The van der Waals surface area contributed by atoms with Gasteiger partial charge < -0.3 is 10.2 Å². The van der Waals surface area contributed by atoms with Crippen molar-refractivity contribution in [3.05, 3.63) is 43.0 Å². The normalized spacial score (nSPS) is 15.6. The summed E-state index contributed by atoms with van der Waals surface area (Å²) in [5.41, 5.74) is 1.72. The van der Waals surface area contributed by atoms with E-state index >= 15 is 0 Å². The number of fused-ring (bicyclic) bond motifs is 1. The van der Waals surface area contributed by atoms with E-state index in [1.165, 1.54) is 0 Å². The number of piperidine rings is 1. The van der Waals surface area contributed by atoms with Gasteiger partial charge in [-0.3, -0.25) is 14.9 Å². The van der Waals surface area contributed by atoms with Gasteiger partial charge in [-0.1, -0.05) is 0 Å². The molecule has 3 heterocycles. The molecule has 0 aliphatic carbocycles. The van der Waals surface area contributed by atoms with E-state index in [1.54, 1.807) is 24.8 Å². The number of hydrogen-bond donors (Lipinski definition) is 2. The standard InChI is InChI=1S/C17H18N6O/c24-17(21-14-2-1-13-10-20-22-15(13)9-14)12-3-7-23(8-4-12)16-11-18-5-6-19-16/h1-2,5-6,9-12H,3-4,7-8H2,(H,20,22)(H,21,24). The van der Waals surface area contributed by atoms with Crippen LogP contribution < -0.4 is 10.2 Å². The number of aromatic nitrogens is 4. The summed E-state index contributed by atoms with van der Waals surface area (Å²) in [5, 5.41) is 11.0. The van der Waals surface area contributed by atoms with Crippen LogP contribution in [0.25, 0.3) is 10.9 Å². The van der Waals surface area contributed by atoms with Crippen LogP contribution in [0.5, 0.6) is 0 Å². The van der Waals surface area contributed by atoms with Crippen molar-refractivity contribution in [2.45, 2.75) is 12.8 Å². The highest BCUT2D eigenvalue weighted by Gasteiger charge is 2.25. The third-order valence-electron chi connectivity index (χ3n) is 4.45. The minimum absolute atomic E-state index is 0.0235. The van der Waals surface area contributed by atoms with Crippen LogP contribution in [-0.2, 0) is 4.79 Å². The largest absolute Gasteiger partial charge is 0.355 e. The molecule has 7 heteroatoms. The van der Waals surface area contributed by atoms with Gasteiger partial charge in [0.15, 0.2) is 0 Å². The number of carbonyl (C=O) groups excluding carboxylic acids is 1. The fourth-order valence-electron chi connectivity index (χ4n) is 3.08. The first kappa shape index (κ1) is 14.6. The number of rotatable bonds is 3. The van der Waals surface area contributed by atoms with Crippen molar-refractivity contribution in [2.75, 3.05) is 23.3 Å². The van der Waals surface area contributed by atoms with Crippen LogP contribution in [0.1, 0.15) is 12.8 Å². The molecule has 1 aliphatic rings. The van der Waals surface area contributed by atoms with Gasteiger partial charge in [-0.2, -0.15) is 5.10 Å². The van der Waals surface area contributed by atoms with Crippen LogP contribution in [0, 0.1) is 5.92 Å². The van der Waals surface area contributed by atoms with Crippen molar-refractivity contribution < 1.29 is 4.79 Å². The summed E-state index contributed by atoms with van der Waals surface area (Å²) in [6, 6.07) is 5.77. The van der Waals surface area contributed by atoms with E-state index in [2.05, 4.69) is 30.4 Å². The first-order valence-electron chi connectivity index (χ1n) is 8.04. The van der Waals surface area contributed by atoms with Gasteiger partial charge in [0.2, 0.25) is 5.91 Å². The molecule has 1 fully saturated rings. The number of nitrogens with one attached hydrogen (secondary N) is 2. The maximum Gasteiger partial charge on any atom is 0.227 e. The van der Waals surface area contributed by atoms with Crippen LogP contribution in [0.3, 0.4) is 0 Å². The predicted molar refractivity (Wildman–Crippen MR) is 91.7 cm³/mol. The Labute approximate surface area is 139 Å². The van der Waals surface area contributed by atoms with Crippen molar-refractivity contribution >= 4 is 28.3 Å².